The minimum absolute atomic E-state index is 0.0269. The molecule has 6 heteroatoms. The number of nitrogens with two attached hydrogens (primary N) is 1. The third-order valence-corrected chi connectivity index (χ3v) is 6.62. The maximum atomic E-state index is 13.0. The predicted molar refractivity (Wildman–Crippen MR) is 114 cm³/mol. The molecule has 158 valence electrons. The molecular formula is C24H29N3O3. The number of fused-ring (bicyclic) bond motifs is 1. The molecule has 1 aliphatic heterocycles. The second-order valence-electron chi connectivity index (χ2n) is 8.47. The van der Waals surface area contributed by atoms with Crippen molar-refractivity contribution in [3.63, 3.8) is 0 Å². The number of benzene rings is 1. The zero-order valence-corrected chi connectivity index (χ0v) is 17.5. The zero-order valence-electron chi connectivity index (χ0n) is 17.5. The van der Waals surface area contributed by atoms with Gasteiger partial charge in [0.05, 0.1) is 6.42 Å². The number of amides is 2. The lowest BCUT2D eigenvalue weighted by atomic mass is 9.91. The van der Waals surface area contributed by atoms with E-state index in [1.54, 1.807) is 0 Å². The number of likely N-dealkylation sites (tertiary alicyclic amines) is 1. The molecule has 30 heavy (non-hydrogen) atoms. The van der Waals surface area contributed by atoms with Gasteiger partial charge in [0, 0.05) is 48.9 Å². The molecule has 6 nitrogen and oxygen atoms in total. The number of hydrogen-bond donors (Lipinski definition) is 1. The van der Waals surface area contributed by atoms with Crippen LogP contribution in [0.5, 0.6) is 0 Å². The summed E-state index contributed by atoms with van der Waals surface area (Å²) >= 11 is 0. The number of ketones is 1. The molecule has 1 aromatic heterocycles. The summed E-state index contributed by atoms with van der Waals surface area (Å²) in [4.78, 5) is 39.1. The third kappa shape index (κ3) is 3.91. The Kier molecular flexibility index (Phi) is 5.75. The third-order valence-electron chi connectivity index (χ3n) is 6.62. The number of rotatable bonds is 5. The van der Waals surface area contributed by atoms with E-state index in [4.69, 9.17) is 5.73 Å². The molecule has 0 bridgehead atoms. The summed E-state index contributed by atoms with van der Waals surface area (Å²) in [5, 5.41) is 0. The van der Waals surface area contributed by atoms with Crippen molar-refractivity contribution in [1.82, 2.24) is 9.47 Å². The van der Waals surface area contributed by atoms with Gasteiger partial charge in [0.2, 0.25) is 11.8 Å². The van der Waals surface area contributed by atoms with Crippen LogP contribution in [0.15, 0.2) is 30.3 Å². The van der Waals surface area contributed by atoms with E-state index >= 15 is 0 Å². The van der Waals surface area contributed by atoms with Gasteiger partial charge in [-0.05, 0) is 43.7 Å². The van der Waals surface area contributed by atoms with Gasteiger partial charge in [0.15, 0.2) is 5.78 Å². The van der Waals surface area contributed by atoms with Crippen LogP contribution < -0.4 is 5.73 Å². The van der Waals surface area contributed by atoms with Crippen molar-refractivity contribution in [2.75, 3.05) is 13.1 Å². The van der Waals surface area contributed by atoms with Crippen molar-refractivity contribution in [2.24, 2.45) is 11.7 Å². The van der Waals surface area contributed by atoms with Crippen LogP contribution in [0.3, 0.4) is 0 Å². The van der Waals surface area contributed by atoms with Gasteiger partial charge in [-0.3, -0.25) is 14.4 Å². The molecule has 2 amide bonds. The van der Waals surface area contributed by atoms with E-state index in [2.05, 4.69) is 16.7 Å². The Morgan fingerprint density at radius 2 is 1.80 bits per heavy atom. The highest BCUT2D eigenvalue weighted by atomic mass is 16.2. The standard InChI is InChI=1S/C24H29N3O3/c1-16-19(14-22(29)26-12-10-18(11-13-26)24(25)30)23-20(8-5-9-21(23)28)27(16)15-17-6-3-2-4-7-17/h2-4,6-7,18H,5,8-15H2,1H3,(H2,25,30). The molecule has 0 radical (unpaired) electrons. The van der Waals surface area contributed by atoms with Crippen LogP contribution in [0, 0.1) is 12.8 Å². The average molecular weight is 408 g/mol. The molecule has 0 unspecified atom stereocenters. The highest BCUT2D eigenvalue weighted by Crippen LogP contribution is 2.31. The van der Waals surface area contributed by atoms with Crippen molar-refractivity contribution in [3.8, 4) is 0 Å². The van der Waals surface area contributed by atoms with Crippen molar-refractivity contribution < 1.29 is 14.4 Å². The lowest BCUT2D eigenvalue weighted by Gasteiger charge is -2.30. The molecular weight excluding hydrogens is 378 g/mol. The molecule has 2 aromatic rings. The number of primary amides is 1. The van der Waals surface area contributed by atoms with Crippen LogP contribution in [-0.4, -0.2) is 40.2 Å². The minimum atomic E-state index is -0.282. The van der Waals surface area contributed by atoms with E-state index in [-0.39, 0.29) is 29.9 Å². The number of hydrogen-bond acceptors (Lipinski definition) is 3. The summed E-state index contributed by atoms with van der Waals surface area (Å²) in [7, 11) is 0. The van der Waals surface area contributed by atoms with Crippen molar-refractivity contribution in [3.05, 3.63) is 58.4 Å². The van der Waals surface area contributed by atoms with Crippen LogP contribution in [-0.2, 0) is 29.0 Å². The normalized spacial score (nSPS) is 17.1. The van der Waals surface area contributed by atoms with E-state index in [0.29, 0.717) is 38.9 Å². The van der Waals surface area contributed by atoms with Crippen LogP contribution in [0.25, 0.3) is 0 Å². The zero-order chi connectivity index (χ0) is 21.3. The quantitative estimate of drug-likeness (QED) is 0.827. The molecule has 4 rings (SSSR count). The molecule has 2 N–H and O–H groups in total. The van der Waals surface area contributed by atoms with E-state index in [9.17, 15) is 14.4 Å². The summed E-state index contributed by atoms with van der Waals surface area (Å²) in [5.41, 5.74) is 10.3. The average Bonchev–Trinajstić information content (AvgIpc) is 3.01. The van der Waals surface area contributed by atoms with Gasteiger partial charge < -0.3 is 15.2 Å². The first-order chi connectivity index (χ1) is 14.5. The highest BCUT2D eigenvalue weighted by molar-refractivity contribution is 6.01. The van der Waals surface area contributed by atoms with Crippen molar-refractivity contribution in [2.45, 2.75) is 52.0 Å². The second kappa shape index (κ2) is 8.46. The fourth-order valence-corrected chi connectivity index (χ4v) is 4.86. The molecule has 2 aliphatic rings. The van der Waals surface area contributed by atoms with Gasteiger partial charge in [0.1, 0.15) is 0 Å². The van der Waals surface area contributed by atoms with E-state index in [1.807, 2.05) is 30.0 Å². The molecule has 0 atom stereocenters. The number of carbonyl (C=O) groups is 3. The van der Waals surface area contributed by atoms with Gasteiger partial charge in [-0.2, -0.15) is 0 Å². The van der Waals surface area contributed by atoms with E-state index in [1.165, 1.54) is 5.56 Å². The first-order valence-corrected chi connectivity index (χ1v) is 10.8. The summed E-state index contributed by atoms with van der Waals surface area (Å²) in [5.74, 6) is -0.242. The Bertz CT molecular complexity index is 969. The largest absolute Gasteiger partial charge is 0.369 e. The first kappa shape index (κ1) is 20.4. The number of piperidine rings is 1. The van der Waals surface area contributed by atoms with Crippen LogP contribution in [0.1, 0.15) is 58.6 Å². The molecule has 0 saturated carbocycles. The number of carbonyl (C=O) groups excluding carboxylic acids is 3. The van der Waals surface area contributed by atoms with Gasteiger partial charge in [-0.1, -0.05) is 30.3 Å². The number of nitrogens with zero attached hydrogens (tertiary/aromatic N) is 2. The predicted octanol–water partition coefficient (Wildman–Crippen LogP) is 2.63. The summed E-state index contributed by atoms with van der Waals surface area (Å²) in [6.07, 6.45) is 3.75. The maximum Gasteiger partial charge on any atom is 0.227 e. The summed E-state index contributed by atoms with van der Waals surface area (Å²) in [6.45, 7) is 3.83. The smallest absolute Gasteiger partial charge is 0.227 e. The first-order valence-electron chi connectivity index (χ1n) is 10.8. The number of aromatic nitrogens is 1. The second-order valence-corrected chi connectivity index (χ2v) is 8.47. The monoisotopic (exact) mass is 407 g/mol. The summed E-state index contributed by atoms with van der Waals surface area (Å²) < 4.78 is 2.23. The Balaban J connectivity index is 1.59. The Morgan fingerprint density at radius 1 is 1.10 bits per heavy atom. The van der Waals surface area contributed by atoms with Gasteiger partial charge in [-0.25, -0.2) is 0 Å². The minimum Gasteiger partial charge on any atom is -0.369 e. The molecule has 2 heterocycles. The van der Waals surface area contributed by atoms with Crippen LogP contribution >= 0.6 is 0 Å². The lowest BCUT2D eigenvalue weighted by molar-refractivity contribution is -0.134. The Labute approximate surface area is 177 Å². The fraction of sp³-hybridized carbons (Fsp3) is 0.458. The molecule has 1 fully saturated rings. The van der Waals surface area contributed by atoms with Crippen LogP contribution in [0.2, 0.25) is 0 Å². The Morgan fingerprint density at radius 3 is 2.47 bits per heavy atom. The molecule has 1 aromatic carbocycles. The van der Waals surface area contributed by atoms with Crippen LogP contribution in [0.4, 0.5) is 0 Å². The van der Waals surface area contributed by atoms with E-state index in [0.717, 1.165) is 35.4 Å². The molecule has 1 aliphatic carbocycles. The maximum absolute atomic E-state index is 13.0. The molecule has 1 saturated heterocycles. The highest BCUT2D eigenvalue weighted by Gasteiger charge is 2.31. The van der Waals surface area contributed by atoms with Gasteiger partial charge >= 0.3 is 0 Å². The lowest BCUT2D eigenvalue weighted by Crippen LogP contribution is -2.42. The van der Waals surface area contributed by atoms with Gasteiger partial charge in [-0.15, -0.1) is 0 Å². The topological polar surface area (TPSA) is 85.4 Å². The molecule has 0 spiro atoms. The SMILES string of the molecule is Cc1c(CC(=O)N2CCC(C(N)=O)CC2)c2c(n1Cc1ccccc1)CCCC2=O. The van der Waals surface area contributed by atoms with Crippen molar-refractivity contribution in [1.29, 1.82) is 0 Å². The number of Topliss-reactive ketones (excluding diaryl/α,β-unsaturated/α-hetero) is 1. The fourth-order valence-electron chi connectivity index (χ4n) is 4.86. The van der Waals surface area contributed by atoms with Crippen molar-refractivity contribution >= 4 is 17.6 Å². The summed E-state index contributed by atoms with van der Waals surface area (Å²) in [6, 6.07) is 10.2. The van der Waals surface area contributed by atoms with Gasteiger partial charge in [0.25, 0.3) is 0 Å². The van der Waals surface area contributed by atoms with E-state index < -0.39 is 0 Å². The Hall–Kier alpha value is -2.89.